The molecule has 0 aliphatic carbocycles. The van der Waals surface area contributed by atoms with Crippen molar-refractivity contribution in [1.29, 1.82) is 0 Å². The van der Waals surface area contributed by atoms with Crippen LogP contribution in [0.15, 0.2) is 55.0 Å². The van der Waals surface area contributed by atoms with Crippen LogP contribution in [-0.2, 0) is 13.0 Å². The summed E-state index contributed by atoms with van der Waals surface area (Å²) in [5.41, 5.74) is 8.35. The molecule has 5 heteroatoms. The van der Waals surface area contributed by atoms with Gasteiger partial charge in [-0.15, -0.1) is 0 Å². The third-order valence-corrected chi connectivity index (χ3v) is 3.68. The summed E-state index contributed by atoms with van der Waals surface area (Å²) in [7, 11) is 0. The molecule has 0 atom stereocenters. The first-order chi connectivity index (χ1) is 10.2. The second kappa shape index (κ2) is 7.09. The lowest BCUT2D eigenvalue weighted by Crippen LogP contribution is -3.00. The Hall–Kier alpha value is -2.33. The van der Waals surface area contributed by atoms with E-state index in [0.29, 0.717) is 5.56 Å². The average Bonchev–Trinajstić information content (AvgIpc) is 2.91. The first kappa shape index (κ1) is 16.0. The standard InChI is InChI=1S/C17H17N3O.ClH/c18-17(21)14-6-4-10-20(12-14)9-3-5-13-11-19-16-8-2-1-7-15(13)16;/h1-2,4,6-8,10-12,19H,3,5,9H2,(H-,18,21);1H. The van der Waals surface area contributed by atoms with Crippen LogP contribution in [0.2, 0.25) is 0 Å². The van der Waals surface area contributed by atoms with Crippen molar-refractivity contribution < 1.29 is 21.8 Å². The van der Waals surface area contributed by atoms with Gasteiger partial charge in [0.15, 0.2) is 12.4 Å². The fourth-order valence-electron chi connectivity index (χ4n) is 2.60. The van der Waals surface area contributed by atoms with Crippen LogP contribution in [0, 0.1) is 0 Å². The first-order valence-corrected chi connectivity index (χ1v) is 7.08. The summed E-state index contributed by atoms with van der Waals surface area (Å²) in [6, 6.07) is 11.9. The van der Waals surface area contributed by atoms with Gasteiger partial charge in [0.2, 0.25) is 0 Å². The van der Waals surface area contributed by atoms with Crippen molar-refractivity contribution in [3.63, 3.8) is 0 Å². The van der Waals surface area contributed by atoms with Gasteiger partial charge in [0.1, 0.15) is 12.1 Å². The van der Waals surface area contributed by atoms with Gasteiger partial charge >= 0.3 is 0 Å². The van der Waals surface area contributed by atoms with Gasteiger partial charge in [-0.05, 0) is 24.1 Å². The average molecular weight is 316 g/mol. The van der Waals surface area contributed by atoms with Gasteiger partial charge in [0.05, 0.1) is 0 Å². The third kappa shape index (κ3) is 3.46. The van der Waals surface area contributed by atoms with Crippen LogP contribution in [0.1, 0.15) is 22.3 Å². The molecular formula is C17H18ClN3O. The zero-order chi connectivity index (χ0) is 14.7. The van der Waals surface area contributed by atoms with Gasteiger partial charge in [0.25, 0.3) is 5.91 Å². The molecule has 1 aromatic carbocycles. The Morgan fingerprint density at radius 3 is 2.82 bits per heavy atom. The number of para-hydroxylation sites is 1. The van der Waals surface area contributed by atoms with Gasteiger partial charge in [-0.1, -0.05) is 18.2 Å². The number of nitrogens with one attached hydrogen (secondary N) is 1. The Morgan fingerprint density at radius 2 is 2.00 bits per heavy atom. The summed E-state index contributed by atoms with van der Waals surface area (Å²) >= 11 is 0. The van der Waals surface area contributed by atoms with E-state index in [4.69, 9.17) is 5.73 Å². The highest BCUT2D eigenvalue weighted by molar-refractivity contribution is 5.92. The lowest BCUT2D eigenvalue weighted by Gasteiger charge is -1.99. The zero-order valence-electron chi connectivity index (χ0n) is 12.1. The summed E-state index contributed by atoms with van der Waals surface area (Å²) in [4.78, 5) is 14.5. The number of rotatable bonds is 5. The van der Waals surface area contributed by atoms with E-state index in [1.807, 2.05) is 22.9 Å². The Bertz CT molecular complexity index is 782. The molecule has 0 radical (unpaired) electrons. The van der Waals surface area contributed by atoms with Crippen LogP contribution >= 0.6 is 0 Å². The molecule has 114 valence electrons. The number of aromatic nitrogens is 2. The van der Waals surface area contributed by atoms with E-state index in [0.717, 1.165) is 19.4 Å². The number of hydrogen-bond donors (Lipinski definition) is 2. The maximum absolute atomic E-state index is 11.2. The molecule has 1 amide bonds. The highest BCUT2D eigenvalue weighted by atomic mass is 35.5. The largest absolute Gasteiger partial charge is 1.00 e. The van der Waals surface area contributed by atoms with E-state index in [2.05, 4.69) is 29.4 Å². The Labute approximate surface area is 135 Å². The molecule has 0 aliphatic heterocycles. The highest BCUT2D eigenvalue weighted by Crippen LogP contribution is 2.18. The van der Waals surface area contributed by atoms with Crippen molar-refractivity contribution >= 4 is 16.8 Å². The number of hydrogen-bond acceptors (Lipinski definition) is 1. The van der Waals surface area contributed by atoms with E-state index in [1.54, 1.807) is 12.3 Å². The minimum Gasteiger partial charge on any atom is -1.00 e. The molecule has 3 aromatic rings. The molecule has 2 heterocycles. The van der Waals surface area contributed by atoms with Gasteiger partial charge in [-0.2, -0.15) is 0 Å². The lowest BCUT2D eigenvalue weighted by atomic mass is 10.1. The molecule has 22 heavy (non-hydrogen) atoms. The molecule has 0 fully saturated rings. The number of pyridine rings is 1. The quantitative estimate of drug-likeness (QED) is 0.595. The predicted octanol–water partition coefficient (Wildman–Crippen LogP) is -0.809. The van der Waals surface area contributed by atoms with Crippen LogP contribution in [0.25, 0.3) is 10.9 Å². The predicted molar refractivity (Wildman–Crippen MR) is 81.8 cm³/mol. The minimum absolute atomic E-state index is 0. The molecule has 0 saturated carbocycles. The number of fused-ring (bicyclic) bond motifs is 1. The Morgan fingerprint density at radius 1 is 1.18 bits per heavy atom. The maximum atomic E-state index is 11.2. The molecule has 4 nitrogen and oxygen atoms in total. The monoisotopic (exact) mass is 315 g/mol. The van der Waals surface area contributed by atoms with Gasteiger partial charge in [0, 0.05) is 29.6 Å². The van der Waals surface area contributed by atoms with E-state index >= 15 is 0 Å². The summed E-state index contributed by atoms with van der Waals surface area (Å²) < 4.78 is 2.01. The number of aryl methyl sites for hydroxylation is 2. The van der Waals surface area contributed by atoms with Crippen LogP contribution in [-0.4, -0.2) is 10.9 Å². The summed E-state index contributed by atoms with van der Waals surface area (Å²) in [6.07, 6.45) is 7.85. The first-order valence-electron chi connectivity index (χ1n) is 7.08. The normalized spacial score (nSPS) is 10.4. The van der Waals surface area contributed by atoms with Crippen molar-refractivity contribution in [2.24, 2.45) is 5.73 Å². The van der Waals surface area contributed by atoms with Crippen LogP contribution < -0.4 is 22.7 Å². The van der Waals surface area contributed by atoms with Crippen molar-refractivity contribution in [2.75, 3.05) is 0 Å². The maximum Gasteiger partial charge on any atom is 0.254 e. The van der Waals surface area contributed by atoms with Crippen molar-refractivity contribution in [3.8, 4) is 0 Å². The fraction of sp³-hybridized carbons (Fsp3) is 0.176. The second-order valence-electron chi connectivity index (χ2n) is 5.16. The molecule has 0 saturated heterocycles. The summed E-state index contributed by atoms with van der Waals surface area (Å²) in [6.45, 7) is 0.862. The fourth-order valence-corrected chi connectivity index (χ4v) is 2.60. The van der Waals surface area contributed by atoms with Gasteiger partial charge in [-0.3, -0.25) is 4.79 Å². The molecule has 0 spiro atoms. The smallest absolute Gasteiger partial charge is 0.254 e. The number of carbonyl (C=O) groups is 1. The topological polar surface area (TPSA) is 62.8 Å². The van der Waals surface area contributed by atoms with Crippen molar-refractivity contribution in [2.45, 2.75) is 19.4 Å². The summed E-state index contributed by atoms with van der Waals surface area (Å²) in [5.74, 6) is -0.388. The molecule has 3 N–H and O–H groups in total. The lowest BCUT2D eigenvalue weighted by molar-refractivity contribution is -0.697. The number of carbonyl (C=O) groups excluding carboxylic acids is 1. The third-order valence-electron chi connectivity index (χ3n) is 3.68. The van der Waals surface area contributed by atoms with Crippen LogP contribution in [0.4, 0.5) is 0 Å². The van der Waals surface area contributed by atoms with Crippen LogP contribution in [0.3, 0.4) is 0 Å². The van der Waals surface area contributed by atoms with E-state index < -0.39 is 0 Å². The number of amides is 1. The van der Waals surface area contributed by atoms with Gasteiger partial charge in [-0.25, -0.2) is 4.57 Å². The van der Waals surface area contributed by atoms with Crippen LogP contribution in [0.5, 0.6) is 0 Å². The zero-order valence-corrected chi connectivity index (χ0v) is 12.9. The minimum atomic E-state index is -0.388. The number of primary amides is 1. The number of benzene rings is 1. The second-order valence-corrected chi connectivity index (χ2v) is 5.16. The molecule has 2 aromatic heterocycles. The number of nitrogens with zero attached hydrogens (tertiary/aromatic N) is 1. The van der Waals surface area contributed by atoms with E-state index in [1.165, 1.54) is 16.5 Å². The number of nitrogens with two attached hydrogens (primary N) is 1. The highest BCUT2D eigenvalue weighted by Gasteiger charge is 2.08. The van der Waals surface area contributed by atoms with E-state index in [-0.39, 0.29) is 18.3 Å². The molecule has 0 unspecified atom stereocenters. The van der Waals surface area contributed by atoms with Crippen molar-refractivity contribution in [1.82, 2.24) is 4.98 Å². The summed E-state index contributed by atoms with van der Waals surface area (Å²) in [5, 5.41) is 1.29. The molecular weight excluding hydrogens is 298 g/mol. The molecule has 0 aliphatic rings. The molecule has 0 bridgehead atoms. The number of aromatic amines is 1. The molecule has 3 rings (SSSR count). The number of H-pyrrole nitrogens is 1. The SMILES string of the molecule is NC(=O)c1ccc[n+](CCCc2c[nH]c3ccccc23)c1.[Cl-]. The van der Waals surface area contributed by atoms with Crippen molar-refractivity contribution in [3.05, 3.63) is 66.1 Å². The van der Waals surface area contributed by atoms with Gasteiger partial charge < -0.3 is 23.1 Å². The van der Waals surface area contributed by atoms with E-state index in [9.17, 15) is 4.79 Å². The number of halogens is 1. The Balaban J connectivity index is 0.00000176. The Kier molecular flexibility index (Phi) is 5.17.